The molecule has 18 heavy (non-hydrogen) atoms. The Morgan fingerprint density at radius 2 is 2.44 bits per heavy atom. The molecule has 5 heteroatoms. The van der Waals surface area contributed by atoms with Crippen molar-refractivity contribution in [3.05, 3.63) is 12.7 Å². The Balaban J connectivity index is 2.53. The molecule has 1 aliphatic carbocycles. The summed E-state index contributed by atoms with van der Waals surface area (Å²) in [4.78, 5) is 12.1. The molecule has 102 valence electrons. The number of hydrogen-bond donors (Lipinski definition) is 1. The Bertz CT molecular complexity index is 330. The summed E-state index contributed by atoms with van der Waals surface area (Å²) in [5.41, 5.74) is -1.19. The predicted octanol–water partition coefficient (Wildman–Crippen LogP) is 2.72. The fourth-order valence-electron chi connectivity index (χ4n) is 2.35. The molecule has 0 radical (unpaired) electrons. The van der Waals surface area contributed by atoms with E-state index in [2.05, 4.69) is 6.58 Å². The predicted molar refractivity (Wildman–Crippen MR) is 78.8 cm³/mol. The van der Waals surface area contributed by atoms with Crippen LogP contribution in [-0.4, -0.2) is 33.2 Å². The largest absolute Gasteiger partial charge is 0.479 e. The second-order valence-electron chi connectivity index (χ2n) is 4.43. The third kappa shape index (κ3) is 3.80. The van der Waals surface area contributed by atoms with Crippen molar-refractivity contribution in [1.29, 1.82) is 0 Å². The summed E-state index contributed by atoms with van der Waals surface area (Å²) in [5, 5.41) is 10.5. The molecular formula is C13H20O3S2. The number of ketones is 1. The number of rotatable bonds is 6. The first-order chi connectivity index (χ1) is 8.54. The number of Topliss-reactive ketones (excluding diaryl/α,β-unsaturated/α-hetero) is 1. The van der Waals surface area contributed by atoms with Crippen LogP contribution in [-0.2, 0) is 9.53 Å². The van der Waals surface area contributed by atoms with E-state index in [0.29, 0.717) is 23.8 Å². The van der Waals surface area contributed by atoms with Gasteiger partial charge < -0.3 is 9.84 Å². The summed E-state index contributed by atoms with van der Waals surface area (Å²) in [6.45, 7) is 6.03. The van der Waals surface area contributed by atoms with E-state index >= 15 is 0 Å². The highest BCUT2D eigenvalue weighted by Crippen LogP contribution is 2.39. The monoisotopic (exact) mass is 288 g/mol. The topological polar surface area (TPSA) is 46.5 Å². The van der Waals surface area contributed by atoms with Crippen molar-refractivity contribution in [3.8, 4) is 0 Å². The number of hydrogen-bond acceptors (Lipinski definition) is 5. The lowest BCUT2D eigenvalue weighted by molar-refractivity contribution is -0.138. The summed E-state index contributed by atoms with van der Waals surface area (Å²) in [7, 11) is 0. The third-order valence-corrected chi connectivity index (χ3v) is 4.53. The Morgan fingerprint density at radius 1 is 1.72 bits per heavy atom. The van der Waals surface area contributed by atoms with E-state index in [1.807, 2.05) is 6.92 Å². The maximum atomic E-state index is 12.1. The van der Waals surface area contributed by atoms with Gasteiger partial charge in [-0.1, -0.05) is 17.8 Å². The minimum absolute atomic E-state index is 0.00349. The second-order valence-corrected chi connectivity index (χ2v) is 6.01. The summed E-state index contributed by atoms with van der Waals surface area (Å²) in [5.74, 6) is 0.0471. The van der Waals surface area contributed by atoms with Gasteiger partial charge in [-0.3, -0.25) is 4.79 Å². The molecular weight excluding hydrogens is 268 g/mol. The summed E-state index contributed by atoms with van der Waals surface area (Å²) >= 11 is 6.14. The number of aliphatic hydroxyl groups is 1. The number of ether oxygens (including phenoxy) is 1. The highest BCUT2D eigenvalue weighted by molar-refractivity contribution is 8.23. The Labute approximate surface area is 118 Å². The SMILES string of the molecule is C=CC[C@H]1CCC[C@]1(O)C(=O)CSC(=S)OCC. The maximum Gasteiger partial charge on any atom is 0.220 e. The normalized spacial score (nSPS) is 26.9. The molecule has 0 aromatic rings. The number of allylic oxidation sites excluding steroid dienone is 1. The van der Waals surface area contributed by atoms with Gasteiger partial charge >= 0.3 is 0 Å². The molecule has 0 saturated heterocycles. The quantitative estimate of drug-likeness (QED) is 0.601. The van der Waals surface area contributed by atoms with Gasteiger partial charge in [0.2, 0.25) is 4.38 Å². The molecule has 0 aromatic heterocycles. The van der Waals surface area contributed by atoms with E-state index in [-0.39, 0.29) is 17.5 Å². The molecule has 0 aromatic carbocycles. The van der Waals surface area contributed by atoms with Crippen molar-refractivity contribution in [3.63, 3.8) is 0 Å². The fraction of sp³-hybridized carbons (Fsp3) is 0.692. The summed E-state index contributed by atoms with van der Waals surface area (Å²) in [6, 6.07) is 0. The van der Waals surface area contributed by atoms with E-state index in [9.17, 15) is 9.90 Å². The van der Waals surface area contributed by atoms with Crippen LogP contribution >= 0.6 is 24.0 Å². The van der Waals surface area contributed by atoms with Crippen LogP contribution in [0.5, 0.6) is 0 Å². The zero-order valence-corrected chi connectivity index (χ0v) is 12.3. The van der Waals surface area contributed by atoms with Gasteiger partial charge in [0.25, 0.3) is 0 Å². The standard InChI is InChI=1S/C13H20O3S2/c1-3-6-10-7-5-8-13(10,15)11(14)9-18-12(17)16-4-2/h3,10,15H,1,4-9H2,2H3/t10-,13+/m0/s1. The molecule has 0 amide bonds. The molecule has 1 fully saturated rings. The minimum atomic E-state index is -1.19. The molecule has 0 unspecified atom stereocenters. The van der Waals surface area contributed by atoms with Gasteiger partial charge in [-0.25, -0.2) is 0 Å². The van der Waals surface area contributed by atoms with Crippen molar-refractivity contribution < 1.29 is 14.6 Å². The number of thioether (sulfide) groups is 1. The van der Waals surface area contributed by atoms with E-state index in [4.69, 9.17) is 17.0 Å². The Morgan fingerprint density at radius 3 is 3.06 bits per heavy atom. The first kappa shape index (κ1) is 15.7. The average Bonchev–Trinajstić information content (AvgIpc) is 2.70. The zero-order chi connectivity index (χ0) is 13.6. The van der Waals surface area contributed by atoms with E-state index in [0.717, 1.165) is 12.8 Å². The van der Waals surface area contributed by atoms with Crippen LogP contribution < -0.4 is 0 Å². The minimum Gasteiger partial charge on any atom is -0.479 e. The van der Waals surface area contributed by atoms with Crippen LogP contribution in [0.15, 0.2) is 12.7 Å². The molecule has 3 nitrogen and oxygen atoms in total. The molecule has 1 N–H and O–H groups in total. The van der Waals surface area contributed by atoms with E-state index in [1.54, 1.807) is 6.08 Å². The van der Waals surface area contributed by atoms with Gasteiger partial charge in [-0.05, 0) is 50.7 Å². The highest BCUT2D eigenvalue weighted by atomic mass is 32.2. The average molecular weight is 288 g/mol. The van der Waals surface area contributed by atoms with Gasteiger partial charge in [-0.15, -0.1) is 6.58 Å². The summed E-state index contributed by atoms with van der Waals surface area (Å²) in [6.07, 6.45) is 4.78. The molecule has 2 atom stereocenters. The lowest BCUT2D eigenvalue weighted by atomic mass is 9.85. The summed E-state index contributed by atoms with van der Waals surface area (Å²) < 4.78 is 5.47. The molecule has 1 saturated carbocycles. The zero-order valence-electron chi connectivity index (χ0n) is 10.7. The van der Waals surface area contributed by atoms with Gasteiger partial charge in [0, 0.05) is 0 Å². The van der Waals surface area contributed by atoms with Gasteiger partial charge in [0.1, 0.15) is 5.60 Å². The van der Waals surface area contributed by atoms with Gasteiger partial charge in [0.05, 0.1) is 12.4 Å². The Kier molecular flexibility index (Phi) is 6.32. The molecule has 1 aliphatic rings. The molecule has 0 bridgehead atoms. The van der Waals surface area contributed by atoms with Crippen LogP contribution in [0.1, 0.15) is 32.6 Å². The smallest absolute Gasteiger partial charge is 0.220 e. The first-order valence-electron chi connectivity index (χ1n) is 6.20. The second kappa shape index (κ2) is 7.26. The third-order valence-electron chi connectivity index (χ3n) is 3.30. The van der Waals surface area contributed by atoms with Crippen LogP contribution in [0, 0.1) is 5.92 Å². The van der Waals surface area contributed by atoms with Crippen LogP contribution in [0.3, 0.4) is 0 Å². The van der Waals surface area contributed by atoms with Gasteiger partial charge in [0.15, 0.2) is 5.78 Å². The number of thiocarbonyl (C=S) groups is 1. The molecule has 0 heterocycles. The van der Waals surface area contributed by atoms with Crippen LogP contribution in [0.25, 0.3) is 0 Å². The van der Waals surface area contributed by atoms with E-state index in [1.165, 1.54) is 11.8 Å². The lowest BCUT2D eigenvalue weighted by Gasteiger charge is -2.27. The number of carbonyl (C=O) groups excluding carboxylic acids is 1. The Hall–Kier alpha value is -0.390. The van der Waals surface area contributed by atoms with Crippen LogP contribution in [0.2, 0.25) is 0 Å². The lowest BCUT2D eigenvalue weighted by Crippen LogP contribution is -2.43. The molecule has 0 aliphatic heterocycles. The van der Waals surface area contributed by atoms with Crippen LogP contribution in [0.4, 0.5) is 0 Å². The number of carbonyl (C=O) groups is 1. The highest BCUT2D eigenvalue weighted by Gasteiger charge is 2.45. The van der Waals surface area contributed by atoms with Crippen molar-refractivity contribution in [1.82, 2.24) is 0 Å². The van der Waals surface area contributed by atoms with Gasteiger partial charge in [-0.2, -0.15) is 0 Å². The molecule has 0 spiro atoms. The first-order valence-corrected chi connectivity index (χ1v) is 7.60. The maximum absolute atomic E-state index is 12.1. The van der Waals surface area contributed by atoms with E-state index < -0.39 is 5.60 Å². The van der Waals surface area contributed by atoms with Crippen molar-refractivity contribution >= 4 is 34.1 Å². The van der Waals surface area contributed by atoms with Crippen molar-refractivity contribution in [2.75, 3.05) is 12.4 Å². The molecule has 1 rings (SSSR count). The van der Waals surface area contributed by atoms with Crippen molar-refractivity contribution in [2.45, 2.75) is 38.2 Å². The van der Waals surface area contributed by atoms with Crippen molar-refractivity contribution in [2.24, 2.45) is 5.92 Å². The fourth-order valence-corrected chi connectivity index (χ4v) is 3.35.